The maximum atomic E-state index is 12.9. The highest BCUT2D eigenvalue weighted by molar-refractivity contribution is 6.31. The van der Waals surface area contributed by atoms with E-state index in [2.05, 4.69) is 10.6 Å². The highest BCUT2D eigenvalue weighted by Crippen LogP contribution is 2.20. The summed E-state index contributed by atoms with van der Waals surface area (Å²) < 4.78 is 12.9. The Kier molecular flexibility index (Phi) is 3.41. The summed E-state index contributed by atoms with van der Waals surface area (Å²) in [5.41, 5.74) is 0.531. The molecule has 1 atom stereocenters. The van der Waals surface area contributed by atoms with Crippen LogP contribution in [0.25, 0.3) is 0 Å². The molecule has 1 fully saturated rings. The van der Waals surface area contributed by atoms with Gasteiger partial charge in [-0.2, -0.15) is 0 Å². The molecule has 0 bridgehead atoms. The van der Waals surface area contributed by atoms with Gasteiger partial charge in [-0.15, -0.1) is 0 Å². The zero-order valence-electron chi connectivity index (χ0n) is 8.59. The molecule has 1 aliphatic rings. The quantitative estimate of drug-likeness (QED) is 0.833. The molecule has 2 rings (SSSR count). The molecule has 1 heterocycles. The van der Waals surface area contributed by atoms with Crippen LogP contribution in [0.1, 0.15) is 6.42 Å². The van der Waals surface area contributed by atoms with Crippen molar-refractivity contribution in [3.63, 3.8) is 0 Å². The summed E-state index contributed by atoms with van der Waals surface area (Å²) in [6.07, 6.45) is 0.834. The molecule has 16 heavy (non-hydrogen) atoms. The standard InChI is InChI=1S/C11H12ClFN2O/c12-9-5-8(1-2-10(9)13)15-11(16)7-3-4-14-6-7/h1-2,5,7,14H,3-4,6H2,(H,15,16)/t7-/m0/s1. The average molecular weight is 243 g/mol. The molecule has 86 valence electrons. The summed E-state index contributed by atoms with van der Waals surface area (Å²) >= 11 is 5.62. The predicted octanol–water partition coefficient (Wildman–Crippen LogP) is 2.03. The average Bonchev–Trinajstić information content (AvgIpc) is 2.77. The third kappa shape index (κ3) is 2.51. The number of rotatable bonds is 2. The highest BCUT2D eigenvalue weighted by atomic mass is 35.5. The number of benzene rings is 1. The van der Waals surface area contributed by atoms with Crippen molar-refractivity contribution < 1.29 is 9.18 Å². The molecule has 1 aliphatic heterocycles. The first kappa shape index (κ1) is 11.4. The lowest BCUT2D eigenvalue weighted by atomic mass is 10.1. The lowest BCUT2D eigenvalue weighted by Gasteiger charge is -2.10. The van der Waals surface area contributed by atoms with E-state index in [1.807, 2.05) is 0 Å². The maximum absolute atomic E-state index is 12.9. The summed E-state index contributed by atoms with van der Waals surface area (Å²) in [5, 5.41) is 5.85. The van der Waals surface area contributed by atoms with Crippen LogP contribution < -0.4 is 10.6 Å². The Balaban J connectivity index is 2.02. The summed E-state index contributed by atoms with van der Waals surface area (Å²) in [6, 6.07) is 4.16. The first-order valence-electron chi connectivity index (χ1n) is 5.13. The van der Waals surface area contributed by atoms with Crippen molar-refractivity contribution in [2.45, 2.75) is 6.42 Å². The van der Waals surface area contributed by atoms with E-state index in [0.717, 1.165) is 13.0 Å². The van der Waals surface area contributed by atoms with Crippen LogP contribution in [0.3, 0.4) is 0 Å². The minimum Gasteiger partial charge on any atom is -0.326 e. The number of hydrogen-bond donors (Lipinski definition) is 2. The van der Waals surface area contributed by atoms with Gasteiger partial charge in [-0.1, -0.05) is 11.6 Å². The Bertz CT molecular complexity index is 405. The molecular formula is C11H12ClFN2O. The first-order valence-corrected chi connectivity index (χ1v) is 5.51. The van der Waals surface area contributed by atoms with E-state index in [1.165, 1.54) is 18.2 Å². The van der Waals surface area contributed by atoms with Crippen molar-refractivity contribution in [2.75, 3.05) is 18.4 Å². The normalized spacial score (nSPS) is 19.8. The molecule has 0 aromatic heterocycles. The maximum Gasteiger partial charge on any atom is 0.228 e. The van der Waals surface area contributed by atoms with Gasteiger partial charge in [-0.05, 0) is 31.2 Å². The Hall–Kier alpha value is -1.13. The Morgan fingerprint density at radius 1 is 1.56 bits per heavy atom. The number of amides is 1. The van der Waals surface area contributed by atoms with E-state index < -0.39 is 5.82 Å². The molecule has 2 N–H and O–H groups in total. The van der Waals surface area contributed by atoms with Crippen LogP contribution in [0.2, 0.25) is 5.02 Å². The second-order valence-corrected chi connectivity index (χ2v) is 4.22. The largest absolute Gasteiger partial charge is 0.326 e. The topological polar surface area (TPSA) is 41.1 Å². The van der Waals surface area contributed by atoms with Gasteiger partial charge >= 0.3 is 0 Å². The van der Waals surface area contributed by atoms with E-state index in [9.17, 15) is 9.18 Å². The van der Waals surface area contributed by atoms with Crippen molar-refractivity contribution in [1.82, 2.24) is 5.32 Å². The van der Waals surface area contributed by atoms with Gasteiger partial charge < -0.3 is 10.6 Å². The molecular weight excluding hydrogens is 231 g/mol. The highest BCUT2D eigenvalue weighted by Gasteiger charge is 2.22. The summed E-state index contributed by atoms with van der Waals surface area (Å²) in [4.78, 5) is 11.7. The molecule has 1 aromatic carbocycles. The fourth-order valence-corrected chi connectivity index (χ4v) is 1.88. The zero-order valence-corrected chi connectivity index (χ0v) is 9.35. The first-order chi connectivity index (χ1) is 7.66. The monoisotopic (exact) mass is 242 g/mol. The van der Waals surface area contributed by atoms with Gasteiger partial charge in [0.2, 0.25) is 5.91 Å². The predicted molar refractivity (Wildman–Crippen MR) is 61.0 cm³/mol. The van der Waals surface area contributed by atoms with Gasteiger partial charge in [-0.25, -0.2) is 4.39 Å². The second kappa shape index (κ2) is 4.80. The fourth-order valence-electron chi connectivity index (χ4n) is 1.70. The lowest BCUT2D eigenvalue weighted by molar-refractivity contribution is -0.119. The van der Waals surface area contributed by atoms with E-state index in [0.29, 0.717) is 12.2 Å². The van der Waals surface area contributed by atoms with E-state index >= 15 is 0 Å². The molecule has 1 saturated heterocycles. The van der Waals surface area contributed by atoms with Crippen LogP contribution in [0, 0.1) is 11.7 Å². The van der Waals surface area contributed by atoms with Crippen molar-refractivity contribution in [3.8, 4) is 0 Å². The number of halogens is 2. The van der Waals surface area contributed by atoms with Crippen LogP contribution in [0.15, 0.2) is 18.2 Å². The smallest absolute Gasteiger partial charge is 0.228 e. The van der Waals surface area contributed by atoms with Crippen LogP contribution in [0.4, 0.5) is 10.1 Å². The van der Waals surface area contributed by atoms with E-state index in [1.54, 1.807) is 0 Å². The third-order valence-corrected chi connectivity index (χ3v) is 2.91. The summed E-state index contributed by atoms with van der Waals surface area (Å²) in [7, 11) is 0. The Labute approximate surface area is 98.0 Å². The van der Waals surface area contributed by atoms with Gasteiger partial charge in [0.25, 0.3) is 0 Å². The minimum absolute atomic E-state index is 0.0103. The van der Waals surface area contributed by atoms with E-state index in [-0.39, 0.29) is 16.8 Å². The molecule has 5 heteroatoms. The zero-order chi connectivity index (χ0) is 11.5. The number of carbonyl (C=O) groups is 1. The van der Waals surface area contributed by atoms with Gasteiger partial charge in [-0.3, -0.25) is 4.79 Å². The molecule has 1 aromatic rings. The molecule has 0 spiro atoms. The third-order valence-electron chi connectivity index (χ3n) is 2.62. The van der Waals surface area contributed by atoms with Gasteiger partial charge in [0.15, 0.2) is 0 Å². The number of nitrogens with one attached hydrogen (secondary N) is 2. The van der Waals surface area contributed by atoms with Crippen molar-refractivity contribution in [1.29, 1.82) is 0 Å². The molecule has 3 nitrogen and oxygen atoms in total. The van der Waals surface area contributed by atoms with Crippen molar-refractivity contribution in [3.05, 3.63) is 29.0 Å². The van der Waals surface area contributed by atoms with Gasteiger partial charge in [0, 0.05) is 12.2 Å². The Morgan fingerprint density at radius 2 is 2.38 bits per heavy atom. The lowest BCUT2D eigenvalue weighted by Crippen LogP contribution is -2.24. The molecule has 0 radical (unpaired) electrons. The van der Waals surface area contributed by atoms with Crippen LogP contribution in [-0.2, 0) is 4.79 Å². The van der Waals surface area contributed by atoms with Crippen molar-refractivity contribution in [2.24, 2.45) is 5.92 Å². The molecule has 0 saturated carbocycles. The molecule has 0 aliphatic carbocycles. The summed E-state index contributed by atoms with van der Waals surface area (Å²) in [6.45, 7) is 1.56. The van der Waals surface area contributed by atoms with E-state index in [4.69, 9.17) is 11.6 Å². The number of carbonyl (C=O) groups excluding carboxylic acids is 1. The van der Waals surface area contributed by atoms with Crippen LogP contribution in [-0.4, -0.2) is 19.0 Å². The van der Waals surface area contributed by atoms with Gasteiger partial charge in [0.05, 0.1) is 10.9 Å². The van der Waals surface area contributed by atoms with Crippen molar-refractivity contribution >= 4 is 23.2 Å². The number of hydrogen-bond acceptors (Lipinski definition) is 2. The van der Waals surface area contributed by atoms with Gasteiger partial charge in [0.1, 0.15) is 5.82 Å². The van der Waals surface area contributed by atoms with Crippen LogP contribution in [0.5, 0.6) is 0 Å². The second-order valence-electron chi connectivity index (χ2n) is 3.81. The molecule has 0 unspecified atom stereocenters. The minimum atomic E-state index is -0.484. The fraction of sp³-hybridized carbons (Fsp3) is 0.364. The van der Waals surface area contributed by atoms with Crippen LogP contribution >= 0.6 is 11.6 Å². The number of anilines is 1. The SMILES string of the molecule is O=C(Nc1ccc(F)c(Cl)c1)[C@H]1CCNC1. The molecule has 1 amide bonds. The summed E-state index contributed by atoms with van der Waals surface area (Å²) in [5.74, 6) is -0.543. The Morgan fingerprint density at radius 3 is 3.00 bits per heavy atom.